The zero-order valence-electron chi connectivity index (χ0n) is 8.47. The predicted octanol–water partition coefficient (Wildman–Crippen LogP) is 3.38. The summed E-state index contributed by atoms with van der Waals surface area (Å²) in [5.41, 5.74) is 6.88. The maximum Gasteiger partial charge on any atom is 0.134 e. The molecule has 0 radical (unpaired) electrons. The molecule has 1 aliphatic carbocycles. The van der Waals surface area contributed by atoms with E-state index in [2.05, 4.69) is 11.4 Å². The van der Waals surface area contributed by atoms with Crippen LogP contribution in [0.4, 0.5) is 0 Å². The zero-order chi connectivity index (χ0) is 11.1. The number of hydrogen-bond acceptors (Lipinski definition) is 4. The Bertz CT molecular complexity index is 523. The number of thiocarbonyl (C=S) groups is 1. The van der Waals surface area contributed by atoms with Crippen LogP contribution in [0.15, 0.2) is 17.5 Å². The average molecular weight is 266 g/mol. The van der Waals surface area contributed by atoms with Gasteiger partial charge in [-0.3, -0.25) is 0 Å². The van der Waals surface area contributed by atoms with E-state index < -0.39 is 0 Å². The highest BCUT2D eigenvalue weighted by Gasteiger charge is 2.30. The molecule has 0 amide bonds. The maximum absolute atomic E-state index is 5.75. The van der Waals surface area contributed by atoms with E-state index >= 15 is 0 Å². The summed E-state index contributed by atoms with van der Waals surface area (Å²) in [5.74, 6) is 0.599. The minimum absolute atomic E-state index is 0.488. The molecule has 2 aromatic heterocycles. The number of nitrogens with two attached hydrogens (primary N) is 1. The molecular weight excluding hydrogens is 256 g/mol. The van der Waals surface area contributed by atoms with Crippen molar-refractivity contribution >= 4 is 39.9 Å². The second-order valence-electron chi connectivity index (χ2n) is 3.85. The standard InChI is InChI=1S/C11H10N2S3/c12-10(14)9-8(6-3-4-6)13-11(16-9)7-2-1-5-15-7/h1-2,5-6H,3-4H2,(H2,12,14). The highest BCUT2D eigenvalue weighted by Crippen LogP contribution is 2.44. The van der Waals surface area contributed by atoms with E-state index in [9.17, 15) is 0 Å². The summed E-state index contributed by atoms with van der Waals surface area (Å²) < 4.78 is 0. The number of thiazole rings is 1. The van der Waals surface area contributed by atoms with Crippen molar-refractivity contribution in [2.45, 2.75) is 18.8 Å². The Kier molecular flexibility index (Phi) is 2.53. The van der Waals surface area contributed by atoms with E-state index in [0.29, 0.717) is 10.9 Å². The molecule has 2 nitrogen and oxygen atoms in total. The fourth-order valence-electron chi connectivity index (χ4n) is 1.65. The van der Waals surface area contributed by atoms with Crippen molar-refractivity contribution in [2.75, 3.05) is 0 Å². The number of hydrogen-bond donors (Lipinski definition) is 1. The molecule has 0 atom stereocenters. The van der Waals surface area contributed by atoms with E-state index in [-0.39, 0.29) is 0 Å². The molecule has 16 heavy (non-hydrogen) atoms. The first-order valence-corrected chi connectivity index (χ1v) is 7.20. The molecule has 0 aliphatic heterocycles. The monoisotopic (exact) mass is 266 g/mol. The highest BCUT2D eigenvalue weighted by molar-refractivity contribution is 7.81. The molecule has 0 unspecified atom stereocenters. The summed E-state index contributed by atoms with van der Waals surface area (Å²) >= 11 is 8.42. The molecule has 82 valence electrons. The summed E-state index contributed by atoms with van der Waals surface area (Å²) in [6.45, 7) is 0. The third kappa shape index (κ3) is 1.79. The normalized spacial score (nSPS) is 15.2. The maximum atomic E-state index is 5.75. The van der Waals surface area contributed by atoms with Crippen LogP contribution in [0.2, 0.25) is 0 Å². The van der Waals surface area contributed by atoms with Crippen LogP contribution in [0, 0.1) is 0 Å². The summed E-state index contributed by atoms with van der Waals surface area (Å²) in [6.07, 6.45) is 2.45. The topological polar surface area (TPSA) is 38.9 Å². The Morgan fingerprint density at radius 3 is 2.88 bits per heavy atom. The van der Waals surface area contributed by atoms with E-state index in [4.69, 9.17) is 22.9 Å². The third-order valence-electron chi connectivity index (χ3n) is 2.57. The van der Waals surface area contributed by atoms with Gasteiger partial charge in [0.15, 0.2) is 0 Å². The van der Waals surface area contributed by atoms with Gasteiger partial charge in [-0.2, -0.15) is 0 Å². The first kappa shape index (κ1) is 10.4. The van der Waals surface area contributed by atoms with Gasteiger partial charge in [-0.25, -0.2) is 4.98 Å². The third-order valence-corrected chi connectivity index (χ3v) is 5.05. The Hall–Kier alpha value is -0.780. The van der Waals surface area contributed by atoms with Crippen LogP contribution in [-0.2, 0) is 0 Å². The summed E-state index contributed by atoms with van der Waals surface area (Å²) in [7, 11) is 0. The molecule has 2 N–H and O–H groups in total. The molecule has 3 rings (SSSR count). The van der Waals surface area contributed by atoms with Crippen LogP contribution in [0.1, 0.15) is 29.3 Å². The number of nitrogens with zero attached hydrogens (tertiary/aromatic N) is 1. The van der Waals surface area contributed by atoms with Crippen molar-refractivity contribution < 1.29 is 0 Å². The van der Waals surface area contributed by atoms with Gasteiger partial charge in [-0.15, -0.1) is 22.7 Å². The largest absolute Gasteiger partial charge is 0.389 e. The molecule has 1 saturated carbocycles. The fraction of sp³-hybridized carbons (Fsp3) is 0.273. The Labute approximate surface area is 107 Å². The first-order chi connectivity index (χ1) is 7.75. The first-order valence-electron chi connectivity index (χ1n) is 5.10. The molecule has 2 heterocycles. The van der Waals surface area contributed by atoms with Crippen LogP contribution in [0.3, 0.4) is 0 Å². The Morgan fingerprint density at radius 2 is 2.31 bits per heavy atom. The Morgan fingerprint density at radius 1 is 1.50 bits per heavy atom. The molecule has 0 bridgehead atoms. The average Bonchev–Trinajstić information content (AvgIpc) is 2.83. The minimum atomic E-state index is 0.488. The number of aromatic nitrogens is 1. The summed E-state index contributed by atoms with van der Waals surface area (Å²) in [6, 6.07) is 4.13. The highest BCUT2D eigenvalue weighted by atomic mass is 32.1. The zero-order valence-corrected chi connectivity index (χ0v) is 10.9. The molecule has 0 aromatic carbocycles. The molecule has 2 aromatic rings. The summed E-state index contributed by atoms with van der Waals surface area (Å²) in [4.78, 5) is 7.40. The van der Waals surface area contributed by atoms with Crippen LogP contribution in [0.5, 0.6) is 0 Å². The van der Waals surface area contributed by atoms with E-state index in [1.54, 1.807) is 22.7 Å². The van der Waals surface area contributed by atoms with Crippen LogP contribution >= 0.6 is 34.9 Å². The molecule has 0 spiro atoms. The molecule has 1 fully saturated rings. The smallest absolute Gasteiger partial charge is 0.134 e. The van der Waals surface area contributed by atoms with Crippen molar-refractivity contribution in [3.05, 3.63) is 28.1 Å². The van der Waals surface area contributed by atoms with Crippen molar-refractivity contribution in [1.82, 2.24) is 4.98 Å². The van der Waals surface area contributed by atoms with Gasteiger partial charge in [0.05, 0.1) is 15.4 Å². The molecule has 5 heteroatoms. The lowest BCUT2D eigenvalue weighted by molar-refractivity contribution is 1.05. The fourth-order valence-corrected chi connectivity index (χ4v) is 3.68. The van der Waals surface area contributed by atoms with Crippen LogP contribution < -0.4 is 5.73 Å². The molecular formula is C11H10N2S3. The van der Waals surface area contributed by atoms with Gasteiger partial charge in [-0.1, -0.05) is 18.3 Å². The van der Waals surface area contributed by atoms with Gasteiger partial charge in [0.1, 0.15) is 10.00 Å². The number of thiophene rings is 1. The van der Waals surface area contributed by atoms with E-state index in [0.717, 1.165) is 15.6 Å². The predicted molar refractivity (Wildman–Crippen MR) is 73.3 cm³/mol. The van der Waals surface area contributed by atoms with Gasteiger partial charge in [0.2, 0.25) is 0 Å². The van der Waals surface area contributed by atoms with Gasteiger partial charge in [0, 0.05) is 5.92 Å². The molecule has 0 saturated heterocycles. The van der Waals surface area contributed by atoms with Crippen LogP contribution in [0.25, 0.3) is 9.88 Å². The number of rotatable bonds is 3. The second-order valence-corrected chi connectivity index (χ2v) is 6.24. The van der Waals surface area contributed by atoms with E-state index in [1.807, 2.05) is 6.07 Å². The van der Waals surface area contributed by atoms with Crippen molar-refractivity contribution in [3.63, 3.8) is 0 Å². The lowest BCUT2D eigenvalue weighted by Crippen LogP contribution is -2.09. The lowest BCUT2D eigenvalue weighted by Gasteiger charge is -1.95. The lowest BCUT2D eigenvalue weighted by atomic mass is 10.2. The van der Waals surface area contributed by atoms with Crippen molar-refractivity contribution in [3.8, 4) is 9.88 Å². The minimum Gasteiger partial charge on any atom is -0.389 e. The molecule has 1 aliphatic rings. The van der Waals surface area contributed by atoms with E-state index in [1.165, 1.54) is 17.7 Å². The van der Waals surface area contributed by atoms with Crippen molar-refractivity contribution in [1.29, 1.82) is 0 Å². The quantitative estimate of drug-likeness (QED) is 0.866. The van der Waals surface area contributed by atoms with Gasteiger partial charge >= 0.3 is 0 Å². The SMILES string of the molecule is NC(=S)c1sc(-c2cccs2)nc1C1CC1. The second kappa shape index (κ2) is 3.91. The van der Waals surface area contributed by atoms with Crippen molar-refractivity contribution in [2.24, 2.45) is 5.73 Å². The van der Waals surface area contributed by atoms with Gasteiger partial charge < -0.3 is 5.73 Å². The van der Waals surface area contributed by atoms with Gasteiger partial charge in [0.25, 0.3) is 0 Å². The summed E-state index contributed by atoms with van der Waals surface area (Å²) in [5, 5.41) is 3.12. The van der Waals surface area contributed by atoms with Crippen LogP contribution in [-0.4, -0.2) is 9.97 Å². The van der Waals surface area contributed by atoms with Gasteiger partial charge in [-0.05, 0) is 24.3 Å². The Balaban J connectivity index is 2.08.